The molecule has 0 saturated heterocycles. The smallest absolute Gasteiger partial charge is 0.263 e. The van der Waals surface area contributed by atoms with Crippen LogP contribution in [0.25, 0.3) is 11.3 Å². The number of fused-ring (bicyclic) bond motifs is 1. The number of likely N-dealkylation sites (N-methyl/N-ethyl adjacent to an activating group) is 1. The summed E-state index contributed by atoms with van der Waals surface area (Å²) >= 11 is 0. The van der Waals surface area contributed by atoms with Gasteiger partial charge in [-0.05, 0) is 68.0 Å². The van der Waals surface area contributed by atoms with Gasteiger partial charge in [0, 0.05) is 41.2 Å². The molecule has 0 spiro atoms. The maximum Gasteiger partial charge on any atom is 0.263 e. The fourth-order valence-corrected chi connectivity index (χ4v) is 5.33. The largest absolute Gasteiger partial charge is 0.384 e. The number of alkyl halides is 2. The molecule has 2 aliphatic rings. The molecule has 184 valence electrons. The highest BCUT2D eigenvalue weighted by Crippen LogP contribution is 2.34. The highest BCUT2D eigenvalue weighted by molar-refractivity contribution is 5.78. The summed E-state index contributed by atoms with van der Waals surface area (Å²) in [5, 5.41) is 10.2. The number of rotatable bonds is 8. The summed E-state index contributed by atoms with van der Waals surface area (Å²) in [5.41, 5.74) is 5.94. The quantitative estimate of drug-likeness (QED) is 0.346. The lowest BCUT2D eigenvalue weighted by Gasteiger charge is -2.23. The second kappa shape index (κ2) is 10.7. The van der Waals surface area contributed by atoms with Gasteiger partial charge in [0.25, 0.3) is 6.43 Å². The van der Waals surface area contributed by atoms with Crippen molar-refractivity contribution in [1.29, 1.82) is 0 Å². The van der Waals surface area contributed by atoms with E-state index in [0.29, 0.717) is 29.2 Å². The maximum absolute atomic E-state index is 13.5. The minimum atomic E-state index is -2.51. The molecular formula is C28H33F2N5. The minimum Gasteiger partial charge on any atom is -0.384 e. The molecule has 2 aromatic carbocycles. The van der Waals surface area contributed by atoms with Crippen molar-refractivity contribution < 1.29 is 8.78 Å². The van der Waals surface area contributed by atoms with Gasteiger partial charge in [0.05, 0.1) is 5.69 Å². The van der Waals surface area contributed by atoms with Crippen LogP contribution < -0.4 is 16.0 Å². The zero-order valence-corrected chi connectivity index (χ0v) is 20.2. The van der Waals surface area contributed by atoms with Gasteiger partial charge in [-0.1, -0.05) is 37.5 Å². The molecule has 0 radical (unpaired) electrons. The molecule has 1 fully saturated rings. The zero-order chi connectivity index (χ0) is 24.2. The molecule has 1 saturated carbocycles. The third kappa shape index (κ3) is 5.61. The Morgan fingerprint density at radius 2 is 1.77 bits per heavy atom. The van der Waals surface area contributed by atoms with Gasteiger partial charge in [-0.3, -0.25) is 0 Å². The lowest BCUT2D eigenvalue weighted by molar-refractivity contribution is 0.151. The van der Waals surface area contributed by atoms with Crippen LogP contribution in [0.15, 0.2) is 48.8 Å². The first-order valence-electron chi connectivity index (χ1n) is 12.6. The summed E-state index contributed by atoms with van der Waals surface area (Å²) in [6.07, 6.45) is 7.24. The zero-order valence-electron chi connectivity index (χ0n) is 20.2. The van der Waals surface area contributed by atoms with E-state index < -0.39 is 6.43 Å². The fourth-order valence-electron chi connectivity index (χ4n) is 5.33. The Kier molecular flexibility index (Phi) is 7.23. The molecule has 1 unspecified atom stereocenters. The van der Waals surface area contributed by atoms with Crippen molar-refractivity contribution in [3.63, 3.8) is 0 Å². The molecule has 7 heteroatoms. The van der Waals surface area contributed by atoms with Crippen LogP contribution in [0.3, 0.4) is 0 Å². The fraction of sp³-hybridized carbons (Fsp3) is 0.429. The van der Waals surface area contributed by atoms with Crippen molar-refractivity contribution in [1.82, 2.24) is 15.3 Å². The monoisotopic (exact) mass is 477 g/mol. The molecule has 1 heterocycles. The third-order valence-corrected chi connectivity index (χ3v) is 7.36. The van der Waals surface area contributed by atoms with Gasteiger partial charge in [-0.15, -0.1) is 0 Å². The van der Waals surface area contributed by atoms with E-state index in [2.05, 4.69) is 44.1 Å². The van der Waals surface area contributed by atoms with E-state index in [1.165, 1.54) is 55.6 Å². The number of halogens is 2. The predicted octanol–water partition coefficient (Wildman–Crippen LogP) is 6.50. The van der Waals surface area contributed by atoms with Crippen LogP contribution in [0.5, 0.6) is 0 Å². The molecule has 0 amide bonds. The Morgan fingerprint density at radius 3 is 2.57 bits per heavy atom. The van der Waals surface area contributed by atoms with Crippen LogP contribution in [0.4, 0.5) is 26.0 Å². The molecule has 5 rings (SSSR count). The van der Waals surface area contributed by atoms with E-state index in [9.17, 15) is 8.78 Å². The molecule has 3 aromatic rings. The molecule has 35 heavy (non-hydrogen) atoms. The van der Waals surface area contributed by atoms with Gasteiger partial charge < -0.3 is 16.0 Å². The molecule has 2 aliphatic carbocycles. The van der Waals surface area contributed by atoms with E-state index in [-0.39, 0.29) is 5.56 Å². The van der Waals surface area contributed by atoms with E-state index in [4.69, 9.17) is 0 Å². The topological polar surface area (TPSA) is 61.9 Å². The number of anilines is 3. The van der Waals surface area contributed by atoms with Crippen molar-refractivity contribution >= 4 is 17.2 Å². The van der Waals surface area contributed by atoms with Crippen LogP contribution >= 0.6 is 0 Å². The van der Waals surface area contributed by atoms with Crippen LogP contribution in [0.1, 0.15) is 55.2 Å². The van der Waals surface area contributed by atoms with Gasteiger partial charge in [0.1, 0.15) is 12.1 Å². The van der Waals surface area contributed by atoms with Crippen LogP contribution in [-0.2, 0) is 12.8 Å². The van der Waals surface area contributed by atoms with Crippen molar-refractivity contribution in [3.05, 3.63) is 65.5 Å². The van der Waals surface area contributed by atoms with E-state index in [1.807, 2.05) is 13.1 Å². The standard InChI is InChI=1S/C28H33F2N5/c1-31-23-11-19-7-9-22(12-21(19)13-23)35-27-15-26(33-17-34-27)24-10-8-20(28(29)30)14-25(24)32-16-18-5-3-2-4-6-18/h7-10,12,14-15,17-18,23,28,31-32H,2-6,11,13,16H2,1H3,(H,33,34,35). The van der Waals surface area contributed by atoms with Crippen molar-refractivity contribution in [2.45, 2.75) is 57.4 Å². The van der Waals surface area contributed by atoms with Gasteiger partial charge in [-0.25, -0.2) is 18.7 Å². The average Bonchev–Trinajstić information content (AvgIpc) is 3.31. The second-order valence-electron chi connectivity index (χ2n) is 9.78. The molecule has 1 aromatic heterocycles. The number of hydrogen-bond donors (Lipinski definition) is 3. The number of nitrogens with zero attached hydrogens (tertiary/aromatic N) is 2. The summed E-state index contributed by atoms with van der Waals surface area (Å²) in [4.78, 5) is 8.88. The summed E-state index contributed by atoms with van der Waals surface area (Å²) < 4.78 is 26.9. The van der Waals surface area contributed by atoms with E-state index in [0.717, 1.165) is 30.6 Å². The molecule has 5 nitrogen and oxygen atoms in total. The number of benzene rings is 2. The summed E-state index contributed by atoms with van der Waals surface area (Å²) in [6, 6.07) is 13.6. The van der Waals surface area contributed by atoms with Crippen molar-refractivity contribution in [2.75, 3.05) is 24.2 Å². The molecular weight excluding hydrogens is 444 g/mol. The maximum atomic E-state index is 13.5. The Labute approximate surface area is 205 Å². The predicted molar refractivity (Wildman–Crippen MR) is 137 cm³/mol. The lowest BCUT2D eigenvalue weighted by atomic mass is 9.89. The first-order chi connectivity index (χ1) is 17.1. The Morgan fingerprint density at radius 1 is 0.943 bits per heavy atom. The van der Waals surface area contributed by atoms with E-state index >= 15 is 0 Å². The van der Waals surface area contributed by atoms with Crippen molar-refractivity contribution in [2.24, 2.45) is 5.92 Å². The van der Waals surface area contributed by atoms with Crippen LogP contribution in [0.2, 0.25) is 0 Å². The van der Waals surface area contributed by atoms with Crippen molar-refractivity contribution in [3.8, 4) is 11.3 Å². The Hall–Kier alpha value is -3.06. The average molecular weight is 478 g/mol. The normalized spacial score (nSPS) is 18.0. The van der Waals surface area contributed by atoms with Gasteiger partial charge in [0.15, 0.2) is 0 Å². The first-order valence-corrected chi connectivity index (χ1v) is 12.6. The van der Waals surface area contributed by atoms with Gasteiger partial charge >= 0.3 is 0 Å². The lowest BCUT2D eigenvalue weighted by Crippen LogP contribution is -2.24. The highest BCUT2D eigenvalue weighted by atomic mass is 19.3. The number of nitrogens with one attached hydrogen (secondary N) is 3. The molecule has 0 aliphatic heterocycles. The van der Waals surface area contributed by atoms with Crippen LogP contribution in [0, 0.1) is 5.92 Å². The number of hydrogen-bond acceptors (Lipinski definition) is 5. The Bertz CT molecular complexity index is 1160. The first kappa shape index (κ1) is 23.7. The Balaban J connectivity index is 1.37. The molecule has 0 bridgehead atoms. The highest BCUT2D eigenvalue weighted by Gasteiger charge is 2.20. The molecule has 1 atom stereocenters. The molecule has 3 N–H and O–H groups in total. The summed E-state index contributed by atoms with van der Waals surface area (Å²) in [5.74, 6) is 1.26. The van der Waals surface area contributed by atoms with Gasteiger partial charge in [0.2, 0.25) is 0 Å². The van der Waals surface area contributed by atoms with Crippen LogP contribution in [-0.4, -0.2) is 29.6 Å². The number of aromatic nitrogens is 2. The summed E-state index contributed by atoms with van der Waals surface area (Å²) in [7, 11) is 2.00. The van der Waals surface area contributed by atoms with Gasteiger partial charge in [-0.2, -0.15) is 0 Å². The third-order valence-electron chi connectivity index (χ3n) is 7.36. The minimum absolute atomic E-state index is 0.0188. The second-order valence-corrected chi connectivity index (χ2v) is 9.78. The van der Waals surface area contributed by atoms with E-state index in [1.54, 1.807) is 12.1 Å². The SMILES string of the molecule is CNC1Cc2ccc(Nc3cc(-c4ccc(C(F)F)cc4NCC4CCCCC4)ncn3)cc2C1. The summed E-state index contributed by atoms with van der Waals surface area (Å²) in [6.45, 7) is 0.790.